The van der Waals surface area contributed by atoms with Crippen molar-refractivity contribution in [1.82, 2.24) is 0 Å². The van der Waals surface area contributed by atoms with E-state index < -0.39 is 17.8 Å². The number of ether oxygens (including phenoxy) is 1. The molecule has 1 saturated heterocycles. The summed E-state index contributed by atoms with van der Waals surface area (Å²) in [6.07, 6.45) is 0. The molecular formula is C12H15FN2O4. The van der Waals surface area contributed by atoms with Gasteiger partial charge in [0.25, 0.3) is 0 Å². The summed E-state index contributed by atoms with van der Waals surface area (Å²) < 4.78 is 19.2. The van der Waals surface area contributed by atoms with Crippen LogP contribution in [0.5, 0.6) is 0 Å². The number of hydrogen-bond donors (Lipinski definition) is 3. The molecule has 1 aliphatic rings. The van der Waals surface area contributed by atoms with Crippen molar-refractivity contribution in [2.24, 2.45) is 0 Å². The summed E-state index contributed by atoms with van der Waals surface area (Å²) in [6.45, 7) is 0.836. The zero-order valence-corrected chi connectivity index (χ0v) is 10.2. The number of anilines is 2. The van der Waals surface area contributed by atoms with Crippen LogP contribution in [0, 0.1) is 5.82 Å². The molecule has 0 spiro atoms. The molecule has 0 amide bonds. The van der Waals surface area contributed by atoms with E-state index in [1.807, 2.05) is 0 Å². The van der Waals surface area contributed by atoms with Crippen molar-refractivity contribution in [2.45, 2.75) is 6.04 Å². The Balaban J connectivity index is 2.42. The van der Waals surface area contributed by atoms with Gasteiger partial charge >= 0.3 is 5.97 Å². The van der Waals surface area contributed by atoms with Crippen LogP contribution in [0.3, 0.4) is 0 Å². The maximum atomic E-state index is 14.0. The number of nitrogen functional groups attached to an aromatic ring is 1. The normalized spacial score (nSPS) is 19.5. The molecular weight excluding hydrogens is 255 g/mol. The van der Waals surface area contributed by atoms with Gasteiger partial charge in [-0.3, -0.25) is 0 Å². The molecule has 19 heavy (non-hydrogen) atoms. The molecule has 4 N–H and O–H groups in total. The maximum absolute atomic E-state index is 14.0. The second-order valence-electron chi connectivity index (χ2n) is 4.30. The van der Waals surface area contributed by atoms with Gasteiger partial charge in [-0.25, -0.2) is 9.18 Å². The SMILES string of the molecule is Nc1cc(F)c(N2CCOCC2CO)cc1C(=O)O. The fourth-order valence-electron chi connectivity index (χ4n) is 2.11. The number of hydrogen-bond acceptors (Lipinski definition) is 5. The number of nitrogens with two attached hydrogens (primary N) is 1. The highest BCUT2D eigenvalue weighted by Crippen LogP contribution is 2.28. The first-order valence-corrected chi connectivity index (χ1v) is 5.82. The molecule has 0 aliphatic carbocycles. The number of carboxylic acid groups (broad SMARTS) is 1. The Kier molecular flexibility index (Phi) is 3.87. The summed E-state index contributed by atoms with van der Waals surface area (Å²) in [4.78, 5) is 12.6. The van der Waals surface area contributed by atoms with E-state index >= 15 is 0 Å². The molecule has 0 radical (unpaired) electrons. The van der Waals surface area contributed by atoms with E-state index in [0.717, 1.165) is 6.07 Å². The molecule has 2 rings (SSSR count). The summed E-state index contributed by atoms with van der Waals surface area (Å²) >= 11 is 0. The Bertz CT molecular complexity index is 495. The van der Waals surface area contributed by atoms with Gasteiger partial charge in [-0.15, -0.1) is 0 Å². The van der Waals surface area contributed by atoms with Crippen LogP contribution in [-0.4, -0.2) is 48.6 Å². The number of morpholine rings is 1. The van der Waals surface area contributed by atoms with E-state index in [4.69, 9.17) is 15.6 Å². The van der Waals surface area contributed by atoms with Crippen molar-refractivity contribution in [3.8, 4) is 0 Å². The molecule has 1 aromatic carbocycles. The van der Waals surface area contributed by atoms with Gasteiger partial charge in [0.2, 0.25) is 0 Å². The number of halogens is 1. The maximum Gasteiger partial charge on any atom is 0.337 e. The quantitative estimate of drug-likeness (QED) is 0.684. The molecule has 1 atom stereocenters. The van der Waals surface area contributed by atoms with Crippen molar-refractivity contribution in [3.05, 3.63) is 23.5 Å². The fraction of sp³-hybridized carbons (Fsp3) is 0.417. The van der Waals surface area contributed by atoms with E-state index in [1.54, 1.807) is 4.90 Å². The number of benzene rings is 1. The van der Waals surface area contributed by atoms with Crippen LogP contribution in [0.15, 0.2) is 12.1 Å². The largest absolute Gasteiger partial charge is 0.478 e. The topological polar surface area (TPSA) is 96.0 Å². The minimum absolute atomic E-state index is 0.119. The first-order valence-electron chi connectivity index (χ1n) is 5.82. The van der Waals surface area contributed by atoms with Gasteiger partial charge in [-0.05, 0) is 12.1 Å². The van der Waals surface area contributed by atoms with E-state index in [9.17, 15) is 14.3 Å². The minimum atomic E-state index is -1.22. The first kappa shape index (κ1) is 13.6. The summed E-state index contributed by atoms with van der Waals surface area (Å²) in [5.74, 6) is -1.82. The second-order valence-corrected chi connectivity index (χ2v) is 4.30. The van der Waals surface area contributed by atoms with Gasteiger partial charge < -0.3 is 25.6 Å². The van der Waals surface area contributed by atoms with Gasteiger partial charge in [0, 0.05) is 12.2 Å². The predicted octanol–water partition coefficient (Wildman–Crippen LogP) is 0.304. The number of carbonyl (C=O) groups is 1. The number of carboxylic acids is 1. The number of aliphatic hydroxyl groups is 1. The third kappa shape index (κ3) is 2.61. The fourth-order valence-corrected chi connectivity index (χ4v) is 2.11. The van der Waals surface area contributed by atoms with E-state index in [2.05, 4.69) is 0 Å². The van der Waals surface area contributed by atoms with Crippen LogP contribution in [0.1, 0.15) is 10.4 Å². The lowest BCUT2D eigenvalue weighted by atomic mass is 10.1. The zero-order valence-electron chi connectivity index (χ0n) is 10.2. The number of aliphatic hydroxyl groups excluding tert-OH is 1. The number of aromatic carboxylic acids is 1. The zero-order chi connectivity index (χ0) is 14.0. The van der Waals surface area contributed by atoms with Gasteiger partial charge in [0.05, 0.1) is 37.1 Å². The van der Waals surface area contributed by atoms with Crippen LogP contribution in [0.4, 0.5) is 15.8 Å². The van der Waals surface area contributed by atoms with Crippen molar-refractivity contribution in [2.75, 3.05) is 37.0 Å². The molecule has 104 valence electrons. The molecule has 0 saturated carbocycles. The van der Waals surface area contributed by atoms with Crippen molar-refractivity contribution in [1.29, 1.82) is 0 Å². The Morgan fingerprint density at radius 3 is 2.95 bits per heavy atom. The van der Waals surface area contributed by atoms with Crippen molar-refractivity contribution >= 4 is 17.3 Å². The third-order valence-electron chi connectivity index (χ3n) is 3.10. The van der Waals surface area contributed by atoms with Crippen LogP contribution >= 0.6 is 0 Å². The van der Waals surface area contributed by atoms with E-state index in [-0.39, 0.29) is 30.2 Å². The summed E-state index contributed by atoms with van der Waals surface area (Å²) in [5.41, 5.74) is 5.32. The van der Waals surface area contributed by atoms with E-state index in [0.29, 0.717) is 13.2 Å². The lowest BCUT2D eigenvalue weighted by molar-refractivity contribution is 0.0697. The molecule has 7 heteroatoms. The van der Waals surface area contributed by atoms with Crippen molar-refractivity contribution in [3.63, 3.8) is 0 Å². The molecule has 6 nitrogen and oxygen atoms in total. The number of nitrogens with zero attached hydrogens (tertiary/aromatic N) is 1. The molecule has 1 aromatic rings. The first-order chi connectivity index (χ1) is 9.04. The molecule has 0 aromatic heterocycles. The Labute approximate surface area is 109 Å². The Hall–Kier alpha value is -1.86. The summed E-state index contributed by atoms with van der Waals surface area (Å²) in [7, 11) is 0. The molecule has 1 aliphatic heterocycles. The second kappa shape index (κ2) is 5.41. The monoisotopic (exact) mass is 270 g/mol. The third-order valence-corrected chi connectivity index (χ3v) is 3.10. The smallest absolute Gasteiger partial charge is 0.337 e. The standard InChI is InChI=1S/C12H15FN2O4/c13-9-4-10(14)8(12(17)18)3-11(9)15-1-2-19-6-7(15)5-16/h3-4,7,16H,1-2,5-6,14H2,(H,17,18). The molecule has 1 fully saturated rings. The van der Waals surface area contributed by atoms with Crippen molar-refractivity contribution < 1.29 is 24.1 Å². The van der Waals surface area contributed by atoms with Crippen LogP contribution in [0.2, 0.25) is 0 Å². The van der Waals surface area contributed by atoms with E-state index in [1.165, 1.54) is 6.07 Å². The highest BCUT2D eigenvalue weighted by Gasteiger charge is 2.26. The van der Waals surface area contributed by atoms with Gasteiger partial charge in [-0.2, -0.15) is 0 Å². The van der Waals surface area contributed by atoms with Crippen LogP contribution in [-0.2, 0) is 4.74 Å². The minimum Gasteiger partial charge on any atom is -0.478 e. The highest BCUT2D eigenvalue weighted by molar-refractivity contribution is 5.95. The lowest BCUT2D eigenvalue weighted by Crippen LogP contribution is -2.48. The van der Waals surface area contributed by atoms with Gasteiger partial charge in [0.15, 0.2) is 0 Å². The average molecular weight is 270 g/mol. The van der Waals surface area contributed by atoms with Crippen LogP contribution < -0.4 is 10.6 Å². The Morgan fingerprint density at radius 2 is 2.32 bits per heavy atom. The summed E-state index contributed by atoms with van der Waals surface area (Å²) in [5, 5.41) is 18.3. The summed E-state index contributed by atoms with van der Waals surface area (Å²) in [6, 6.07) is 1.79. The van der Waals surface area contributed by atoms with Gasteiger partial charge in [-0.1, -0.05) is 0 Å². The van der Waals surface area contributed by atoms with Gasteiger partial charge in [0.1, 0.15) is 5.82 Å². The molecule has 1 unspecified atom stereocenters. The lowest BCUT2D eigenvalue weighted by Gasteiger charge is -2.36. The highest BCUT2D eigenvalue weighted by atomic mass is 19.1. The average Bonchev–Trinajstić information content (AvgIpc) is 2.38. The Morgan fingerprint density at radius 1 is 1.58 bits per heavy atom. The van der Waals surface area contributed by atoms with Crippen LogP contribution in [0.25, 0.3) is 0 Å². The molecule has 1 heterocycles. The predicted molar refractivity (Wildman–Crippen MR) is 66.8 cm³/mol. The number of rotatable bonds is 3. The molecule has 0 bridgehead atoms.